The third-order valence-electron chi connectivity index (χ3n) is 4.88. The molecule has 0 saturated carbocycles. The highest BCUT2D eigenvalue weighted by Crippen LogP contribution is 2.31. The average Bonchev–Trinajstić information content (AvgIpc) is 2.59. The van der Waals surface area contributed by atoms with Crippen LogP contribution in [0.1, 0.15) is 31.7 Å². The van der Waals surface area contributed by atoms with Crippen molar-refractivity contribution in [2.45, 2.75) is 38.7 Å². The Morgan fingerprint density at radius 3 is 3.13 bits per heavy atom. The number of likely N-dealkylation sites (tertiary alicyclic amines) is 1. The number of hydrogen-bond donors (Lipinski definition) is 2. The van der Waals surface area contributed by atoms with Crippen LogP contribution >= 0.6 is 0 Å². The van der Waals surface area contributed by atoms with Crippen molar-refractivity contribution in [1.29, 1.82) is 0 Å². The van der Waals surface area contributed by atoms with E-state index in [0.717, 1.165) is 56.8 Å². The third-order valence-corrected chi connectivity index (χ3v) is 4.88. The zero-order valence-electron chi connectivity index (χ0n) is 13.8. The van der Waals surface area contributed by atoms with E-state index in [4.69, 9.17) is 9.84 Å². The van der Waals surface area contributed by atoms with Crippen LogP contribution in [0.25, 0.3) is 0 Å². The van der Waals surface area contributed by atoms with Crippen molar-refractivity contribution in [2.24, 2.45) is 5.92 Å². The molecule has 126 valence electrons. The first-order valence-corrected chi connectivity index (χ1v) is 8.64. The number of carbonyl (C=O) groups is 1. The van der Waals surface area contributed by atoms with Gasteiger partial charge in [0.15, 0.2) is 0 Å². The van der Waals surface area contributed by atoms with Crippen LogP contribution in [0.15, 0.2) is 18.2 Å². The van der Waals surface area contributed by atoms with E-state index < -0.39 is 5.97 Å². The zero-order chi connectivity index (χ0) is 16.2. The molecule has 0 bridgehead atoms. The second kappa shape index (κ2) is 7.21. The molecule has 1 aromatic rings. The second-order valence-electron chi connectivity index (χ2n) is 6.59. The largest absolute Gasteiger partial charge is 0.486 e. The van der Waals surface area contributed by atoms with Crippen LogP contribution in [0.2, 0.25) is 0 Å². The molecule has 2 aliphatic heterocycles. The summed E-state index contributed by atoms with van der Waals surface area (Å²) in [7, 11) is 0. The predicted molar refractivity (Wildman–Crippen MR) is 90.1 cm³/mol. The Bertz CT molecular complexity index is 561. The van der Waals surface area contributed by atoms with E-state index in [0.29, 0.717) is 6.54 Å². The average molecular weight is 318 g/mol. The van der Waals surface area contributed by atoms with Crippen LogP contribution in [0, 0.1) is 5.92 Å². The summed E-state index contributed by atoms with van der Waals surface area (Å²) in [6.07, 6.45) is 4.00. The molecule has 3 rings (SSSR count). The van der Waals surface area contributed by atoms with E-state index in [1.54, 1.807) is 0 Å². The summed E-state index contributed by atoms with van der Waals surface area (Å²) in [4.78, 5) is 13.4. The van der Waals surface area contributed by atoms with Gasteiger partial charge in [-0.3, -0.25) is 4.79 Å². The molecule has 2 unspecified atom stereocenters. The van der Waals surface area contributed by atoms with Crippen molar-refractivity contribution < 1.29 is 14.6 Å². The third kappa shape index (κ3) is 3.96. The first kappa shape index (κ1) is 16.1. The van der Waals surface area contributed by atoms with Crippen molar-refractivity contribution in [2.75, 3.05) is 31.5 Å². The molecule has 5 heteroatoms. The summed E-state index contributed by atoms with van der Waals surface area (Å²) in [5.74, 6) is 0.0828. The molecule has 0 amide bonds. The lowest BCUT2D eigenvalue weighted by Crippen LogP contribution is -2.39. The molecule has 5 nitrogen and oxygen atoms in total. The number of carboxylic acids is 1. The first-order chi connectivity index (χ1) is 11.2. The van der Waals surface area contributed by atoms with Crippen LogP contribution in [-0.4, -0.2) is 48.3 Å². The maximum Gasteiger partial charge on any atom is 0.307 e. The van der Waals surface area contributed by atoms with Gasteiger partial charge in [0, 0.05) is 13.1 Å². The summed E-state index contributed by atoms with van der Waals surface area (Å²) in [6, 6.07) is 6.34. The Balaban J connectivity index is 1.56. The quantitative estimate of drug-likeness (QED) is 0.874. The summed E-state index contributed by atoms with van der Waals surface area (Å²) in [5, 5.41) is 12.6. The Kier molecular flexibility index (Phi) is 5.06. The lowest BCUT2D eigenvalue weighted by atomic mass is 9.98. The number of carboxylic acid groups (broad SMARTS) is 1. The maximum absolute atomic E-state index is 11.1. The molecular formula is C18H26N2O3. The highest BCUT2D eigenvalue weighted by atomic mass is 16.5. The molecule has 2 N–H and O–H groups in total. The number of anilines is 1. The van der Waals surface area contributed by atoms with Gasteiger partial charge in [-0.05, 0) is 49.9 Å². The van der Waals surface area contributed by atoms with Gasteiger partial charge in [-0.25, -0.2) is 0 Å². The number of benzene rings is 1. The van der Waals surface area contributed by atoms with E-state index in [1.807, 2.05) is 0 Å². The molecule has 2 heterocycles. The minimum Gasteiger partial charge on any atom is -0.486 e. The number of fused-ring (bicyclic) bond motifs is 1. The minimum absolute atomic E-state index is 0.201. The number of ether oxygens (including phenoxy) is 1. The number of hydrogen-bond acceptors (Lipinski definition) is 4. The van der Waals surface area contributed by atoms with Crippen LogP contribution in [0.5, 0.6) is 5.75 Å². The Morgan fingerprint density at radius 2 is 2.35 bits per heavy atom. The fourth-order valence-corrected chi connectivity index (χ4v) is 3.39. The fraction of sp³-hybridized carbons (Fsp3) is 0.611. The predicted octanol–water partition coefficient (Wildman–Crippen LogP) is 2.61. The van der Waals surface area contributed by atoms with Gasteiger partial charge in [-0.2, -0.15) is 0 Å². The monoisotopic (exact) mass is 318 g/mol. The summed E-state index contributed by atoms with van der Waals surface area (Å²) in [5.41, 5.74) is 2.35. The molecule has 1 saturated heterocycles. The SMILES string of the molecule is CCC1CNc2cc(CCN3CCCC(C(=O)O)C3)ccc2O1. The van der Waals surface area contributed by atoms with Gasteiger partial charge in [0.1, 0.15) is 11.9 Å². The van der Waals surface area contributed by atoms with Crippen LogP contribution in [0.4, 0.5) is 5.69 Å². The van der Waals surface area contributed by atoms with Gasteiger partial charge in [0.05, 0.1) is 18.2 Å². The van der Waals surface area contributed by atoms with Crippen molar-refractivity contribution in [1.82, 2.24) is 4.90 Å². The van der Waals surface area contributed by atoms with Crippen LogP contribution in [-0.2, 0) is 11.2 Å². The Morgan fingerprint density at radius 1 is 1.48 bits per heavy atom. The molecule has 0 aromatic heterocycles. The fourth-order valence-electron chi connectivity index (χ4n) is 3.39. The Labute approximate surface area is 137 Å². The highest BCUT2D eigenvalue weighted by molar-refractivity contribution is 5.70. The molecular weight excluding hydrogens is 292 g/mol. The van der Waals surface area contributed by atoms with Crippen molar-refractivity contribution in [3.8, 4) is 5.75 Å². The first-order valence-electron chi connectivity index (χ1n) is 8.64. The number of piperidine rings is 1. The van der Waals surface area contributed by atoms with Gasteiger partial charge in [0.25, 0.3) is 0 Å². The van der Waals surface area contributed by atoms with Crippen LogP contribution < -0.4 is 10.1 Å². The molecule has 2 aliphatic rings. The zero-order valence-corrected chi connectivity index (χ0v) is 13.8. The van der Waals surface area contributed by atoms with Crippen molar-refractivity contribution in [3.63, 3.8) is 0 Å². The number of rotatable bonds is 5. The molecule has 0 spiro atoms. The van der Waals surface area contributed by atoms with E-state index >= 15 is 0 Å². The standard InChI is InChI=1S/C18H26N2O3/c1-2-15-11-19-16-10-13(5-6-17(16)23-15)7-9-20-8-3-4-14(12-20)18(21)22/h5-6,10,14-15,19H,2-4,7-9,11-12H2,1H3,(H,21,22). The topological polar surface area (TPSA) is 61.8 Å². The lowest BCUT2D eigenvalue weighted by Gasteiger charge is -2.31. The number of nitrogens with zero attached hydrogens (tertiary/aromatic N) is 1. The van der Waals surface area contributed by atoms with Crippen molar-refractivity contribution >= 4 is 11.7 Å². The van der Waals surface area contributed by atoms with Crippen LogP contribution in [0.3, 0.4) is 0 Å². The van der Waals surface area contributed by atoms with Gasteiger partial charge in [0.2, 0.25) is 0 Å². The summed E-state index contributed by atoms with van der Waals surface area (Å²) < 4.78 is 5.93. The van der Waals surface area contributed by atoms with Crippen molar-refractivity contribution in [3.05, 3.63) is 23.8 Å². The minimum atomic E-state index is -0.657. The smallest absolute Gasteiger partial charge is 0.307 e. The Hall–Kier alpha value is -1.75. The molecule has 1 fully saturated rings. The molecule has 0 radical (unpaired) electrons. The molecule has 1 aromatic carbocycles. The molecule has 2 atom stereocenters. The van der Waals surface area contributed by atoms with Gasteiger partial charge < -0.3 is 20.1 Å². The molecule has 23 heavy (non-hydrogen) atoms. The van der Waals surface area contributed by atoms with E-state index in [2.05, 4.69) is 35.3 Å². The van der Waals surface area contributed by atoms with Gasteiger partial charge in [-0.1, -0.05) is 13.0 Å². The highest BCUT2D eigenvalue weighted by Gasteiger charge is 2.25. The summed E-state index contributed by atoms with van der Waals surface area (Å²) >= 11 is 0. The normalized spacial score (nSPS) is 24.4. The van der Waals surface area contributed by atoms with E-state index in [9.17, 15) is 4.79 Å². The number of nitrogens with one attached hydrogen (secondary N) is 1. The van der Waals surface area contributed by atoms with E-state index in [1.165, 1.54) is 5.56 Å². The molecule has 0 aliphatic carbocycles. The number of aliphatic carboxylic acids is 1. The lowest BCUT2D eigenvalue weighted by molar-refractivity contribution is -0.143. The second-order valence-corrected chi connectivity index (χ2v) is 6.59. The summed E-state index contributed by atoms with van der Waals surface area (Å²) in [6.45, 7) is 5.60. The van der Waals surface area contributed by atoms with Gasteiger partial charge in [-0.15, -0.1) is 0 Å². The van der Waals surface area contributed by atoms with E-state index in [-0.39, 0.29) is 12.0 Å². The maximum atomic E-state index is 11.1. The van der Waals surface area contributed by atoms with Gasteiger partial charge >= 0.3 is 5.97 Å².